The average Bonchev–Trinajstić information content (AvgIpc) is 3.14. The third-order valence-corrected chi connectivity index (χ3v) is 5.86. The van der Waals surface area contributed by atoms with E-state index >= 15 is 8.78 Å². The number of hydrogen-bond donors (Lipinski definition) is 1. The molecular weight excluding hydrogens is 506 g/mol. The first-order valence-corrected chi connectivity index (χ1v) is 10.9. The zero-order valence-corrected chi connectivity index (χ0v) is 19.3. The Morgan fingerprint density at radius 2 is 1.83 bits per heavy atom. The van der Waals surface area contributed by atoms with Gasteiger partial charge in [-0.3, -0.25) is 9.59 Å². The van der Waals surface area contributed by atoms with Gasteiger partial charge in [-0.05, 0) is 36.4 Å². The van der Waals surface area contributed by atoms with E-state index in [0.29, 0.717) is 5.02 Å². The predicted molar refractivity (Wildman–Crippen MR) is 122 cm³/mol. The van der Waals surface area contributed by atoms with Gasteiger partial charge >= 0.3 is 6.61 Å². The van der Waals surface area contributed by atoms with Gasteiger partial charge < -0.3 is 19.7 Å². The second-order valence-electron chi connectivity index (χ2n) is 7.72. The molecule has 1 aliphatic heterocycles. The number of carbonyl (C=O) groups excluding carboxylic acids is 2. The lowest BCUT2D eigenvalue weighted by molar-refractivity contribution is -0.118. The molecule has 2 heterocycles. The van der Waals surface area contributed by atoms with Crippen molar-refractivity contribution in [3.8, 4) is 11.6 Å². The molecule has 12 heteroatoms. The Bertz CT molecular complexity index is 1270. The van der Waals surface area contributed by atoms with Crippen LogP contribution in [-0.2, 0) is 4.79 Å². The van der Waals surface area contributed by atoms with Crippen LogP contribution in [0.1, 0.15) is 21.8 Å². The van der Waals surface area contributed by atoms with Gasteiger partial charge in [-0.2, -0.15) is 8.78 Å². The molecule has 0 unspecified atom stereocenters. The highest BCUT2D eigenvalue weighted by atomic mass is 35.5. The Kier molecular flexibility index (Phi) is 7.30. The molecule has 2 aromatic carbocycles. The lowest BCUT2D eigenvalue weighted by Gasteiger charge is -2.20. The van der Waals surface area contributed by atoms with Crippen molar-refractivity contribution in [3.63, 3.8) is 0 Å². The second-order valence-corrected chi connectivity index (χ2v) is 8.16. The minimum absolute atomic E-state index is 0.0865. The van der Waals surface area contributed by atoms with Crippen molar-refractivity contribution in [1.29, 1.82) is 0 Å². The molecule has 36 heavy (non-hydrogen) atoms. The number of halogens is 5. The zero-order valence-electron chi connectivity index (χ0n) is 18.6. The summed E-state index contributed by atoms with van der Waals surface area (Å²) in [7, 11) is 1.23. The van der Waals surface area contributed by atoms with Crippen LogP contribution in [0.3, 0.4) is 0 Å². The summed E-state index contributed by atoms with van der Waals surface area (Å²) in [6, 6.07) is 8.85. The Balaban J connectivity index is 1.76. The van der Waals surface area contributed by atoms with Gasteiger partial charge in [0.05, 0.1) is 7.11 Å². The molecule has 0 saturated carbocycles. The third kappa shape index (κ3) is 5.06. The van der Waals surface area contributed by atoms with Gasteiger partial charge in [-0.15, -0.1) is 0 Å². The number of methoxy groups -OCH3 is 1. The van der Waals surface area contributed by atoms with Gasteiger partial charge in [0.25, 0.3) is 5.91 Å². The minimum atomic E-state index is -3.23. The molecule has 2 amide bonds. The van der Waals surface area contributed by atoms with E-state index in [9.17, 15) is 18.4 Å². The highest BCUT2D eigenvalue weighted by Gasteiger charge is 2.46. The van der Waals surface area contributed by atoms with Crippen LogP contribution in [0.25, 0.3) is 0 Å². The van der Waals surface area contributed by atoms with Crippen LogP contribution in [-0.4, -0.2) is 43.1 Å². The Morgan fingerprint density at radius 3 is 2.44 bits per heavy atom. The minimum Gasteiger partial charge on any atom is -0.497 e. The molecule has 0 bridgehead atoms. The fourth-order valence-corrected chi connectivity index (χ4v) is 4.12. The molecule has 1 aromatic heterocycles. The summed E-state index contributed by atoms with van der Waals surface area (Å²) in [6.45, 7) is -3.60. The first-order chi connectivity index (χ1) is 17.2. The van der Waals surface area contributed by atoms with E-state index < -0.39 is 53.5 Å². The van der Waals surface area contributed by atoms with E-state index in [-0.39, 0.29) is 23.5 Å². The molecule has 0 spiro atoms. The highest BCUT2D eigenvalue weighted by Crippen LogP contribution is 2.39. The molecule has 7 nitrogen and oxygen atoms in total. The van der Waals surface area contributed by atoms with E-state index in [1.54, 1.807) is 0 Å². The summed E-state index contributed by atoms with van der Waals surface area (Å²) in [6.07, 6.45) is 1.18. The number of nitrogens with one attached hydrogen (secondary N) is 1. The van der Waals surface area contributed by atoms with Crippen molar-refractivity contribution >= 4 is 29.1 Å². The van der Waals surface area contributed by atoms with Crippen molar-refractivity contribution < 1.29 is 36.6 Å². The third-order valence-electron chi connectivity index (χ3n) is 5.61. The molecule has 1 aliphatic rings. The molecule has 3 aromatic rings. The zero-order chi connectivity index (χ0) is 26.0. The first-order valence-electron chi connectivity index (χ1n) is 10.5. The maximum atomic E-state index is 15.0. The van der Waals surface area contributed by atoms with E-state index in [2.05, 4.69) is 15.0 Å². The van der Waals surface area contributed by atoms with Crippen LogP contribution >= 0.6 is 11.6 Å². The van der Waals surface area contributed by atoms with Gasteiger partial charge in [-0.1, -0.05) is 11.6 Å². The lowest BCUT2D eigenvalue weighted by atomic mass is 9.92. The Hall–Kier alpha value is -3.86. The quantitative estimate of drug-likeness (QED) is 0.460. The maximum absolute atomic E-state index is 15.0. The number of amides is 2. The van der Waals surface area contributed by atoms with Crippen molar-refractivity contribution in [2.45, 2.75) is 18.6 Å². The molecule has 1 N–H and O–H groups in total. The molecule has 1 fully saturated rings. The largest absolute Gasteiger partial charge is 0.497 e. The van der Waals surface area contributed by atoms with Crippen LogP contribution in [0.5, 0.6) is 11.6 Å². The Labute approximate surface area is 207 Å². The summed E-state index contributed by atoms with van der Waals surface area (Å²) in [5, 5.41) is 2.88. The van der Waals surface area contributed by atoms with Crippen LogP contribution < -0.4 is 19.7 Å². The van der Waals surface area contributed by atoms with Crippen molar-refractivity contribution in [2.24, 2.45) is 0 Å². The van der Waals surface area contributed by atoms with Crippen molar-refractivity contribution in [3.05, 3.63) is 82.5 Å². The number of rotatable bonds is 7. The summed E-state index contributed by atoms with van der Waals surface area (Å²) < 4.78 is 65.2. The number of benzene rings is 2. The van der Waals surface area contributed by atoms with Gasteiger partial charge in [0.2, 0.25) is 11.8 Å². The molecule has 188 valence electrons. The number of pyridine rings is 1. The van der Waals surface area contributed by atoms with Crippen LogP contribution in [0, 0.1) is 11.6 Å². The highest BCUT2D eigenvalue weighted by molar-refractivity contribution is 6.30. The van der Waals surface area contributed by atoms with Crippen LogP contribution in [0.2, 0.25) is 5.02 Å². The van der Waals surface area contributed by atoms with Crippen molar-refractivity contribution in [1.82, 2.24) is 10.3 Å². The number of anilines is 1. The summed E-state index contributed by atoms with van der Waals surface area (Å²) in [5.41, 5.74) is -0.484. The molecule has 0 radical (unpaired) electrons. The summed E-state index contributed by atoms with van der Waals surface area (Å²) >= 11 is 5.85. The molecule has 2 atom stereocenters. The number of alkyl halides is 2. The van der Waals surface area contributed by atoms with E-state index in [1.165, 1.54) is 49.7 Å². The number of hydrogen-bond acceptors (Lipinski definition) is 5. The molecule has 1 saturated heterocycles. The summed E-state index contributed by atoms with van der Waals surface area (Å²) in [5.74, 6) is -5.40. The smallest absolute Gasteiger partial charge is 0.388 e. The molecule has 0 aliphatic carbocycles. The van der Waals surface area contributed by atoms with Gasteiger partial charge in [-0.25, -0.2) is 13.8 Å². The lowest BCUT2D eigenvalue weighted by Crippen LogP contribution is -2.44. The van der Waals surface area contributed by atoms with Gasteiger partial charge in [0, 0.05) is 46.9 Å². The maximum Gasteiger partial charge on any atom is 0.388 e. The van der Waals surface area contributed by atoms with Gasteiger partial charge in [0.1, 0.15) is 29.1 Å². The molecular formula is C24H18ClF4N3O4. The van der Waals surface area contributed by atoms with Crippen molar-refractivity contribution in [2.75, 3.05) is 18.6 Å². The van der Waals surface area contributed by atoms with E-state index in [4.69, 9.17) is 16.3 Å². The normalized spacial score (nSPS) is 17.4. The predicted octanol–water partition coefficient (Wildman–Crippen LogP) is 4.55. The molecule has 4 rings (SSSR count). The van der Waals surface area contributed by atoms with Gasteiger partial charge in [0.15, 0.2) is 0 Å². The number of carbonyl (C=O) groups is 2. The fraction of sp³-hybridized carbons (Fsp3) is 0.208. The first kappa shape index (κ1) is 25.2. The Morgan fingerprint density at radius 1 is 1.17 bits per heavy atom. The SMILES string of the molecule is COc1cc(F)c([C@@H]2CN(c3cccnc3OC(F)F)C(=O)[C@H]2NC(=O)c2ccc(Cl)cc2)c(F)c1. The number of nitrogens with zero attached hydrogens (tertiary/aromatic N) is 2. The number of ether oxygens (including phenoxy) is 2. The monoisotopic (exact) mass is 523 g/mol. The fourth-order valence-electron chi connectivity index (χ4n) is 3.99. The van der Waals surface area contributed by atoms with E-state index in [1.807, 2.05) is 0 Å². The average molecular weight is 524 g/mol. The second kappa shape index (κ2) is 10.4. The topological polar surface area (TPSA) is 80.8 Å². The van der Waals surface area contributed by atoms with Crippen LogP contribution in [0.4, 0.5) is 23.2 Å². The summed E-state index contributed by atoms with van der Waals surface area (Å²) in [4.78, 5) is 31.1. The van der Waals surface area contributed by atoms with E-state index in [0.717, 1.165) is 17.0 Å². The number of aromatic nitrogens is 1. The van der Waals surface area contributed by atoms with Crippen LogP contribution in [0.15, 0.2) is 54.7 Å². The standard InChI is InChI=1S/C24H18ClF4N3O4/c1-35-14-9-16(26)19(17(27)10-14)15-11-32(18-3-2-8-30-22(18)36-24(28)29)23(34)20(15)31-21(33)12-4-6-13(25)7-5-12/h2-10,15,20,24H,11H2,1H3,(H,31,33)/t15-,20-/m0/s1.